The number of urea groups is 1. The predicted molar refractivity (Wildman–Crippen MR) is 205 cm³/mol. The number of hydrogen-bond acceptors (Lipinski definition) is 7. The highest BCUT2D eigenvalue weighted by atomic mass is 35.5. The highest BCUT2D eigenvalue weighted by Crippen LogP contribution is 2.52. The molecule has 0 spiro atoms. The molecule has 1 unspecified atom stereocenters. The molecule has 3 amide bonds. The van der Waals surface area contributed by atoms with Gasteiger partial charge in [-0.15, -0.1) is 0 Å². The third-order valence-corrected chi connectivity index (χ3v) is 13.0. The summed E-state index contributed by atoms with van der Waals surface area (Å²) in [4.78, 5) is 29.9. The molecule has 2 saturated heterocycles. The van der Waals surface area contributed by atoms with Crippen LogP contribution in [0.15, 0.2) is 65.6 Å². The average molecular weight is 791 g/mol. The second kappa shape index (κ2) is 15.0. The van der Waals surface area contributed by atoms with Gasteiger partial charge in [-0.25, -0.2) is 13.2 Å². The number of rotatable bonds is 9. The minimum absolute atomic E-state index is 0.0148. The monoisotopic (exact) mass is 789 g/mol. The lowest BCUT2D eigenvalue weighted by molar-refractivity contribution is -0.141. The van der Waals surface area contributed by atoms with Crippen LogP contribution in [0.3, 0.4) is 0 Å². The van der Waals surface area contributed by atoms with Crippen LogP contribution in [0, 0.1) is 0 Å². The fourth-order valence-corrected chi connectivity index (χ4v) is 9.58. The Morgan fingerprint density at radius 3 is 1.77 bits per heavy atom. The van der Waals surface area contributed by atoms with Gasteiger partial charge in [0.2, 0.25) is 0 Å². The summed E-state index contributed by atoms with van der Waals surface area (Å²) in [7, 11) is -3.84. The Labute approximate surface area is 321 Å². The van der Waals surface area contributed by atoms with E-state index in [1.165, 1.54) is 12.1 Å². The zero-order valence-electron chi connectivity index (χ0n) is 29.8. The number of hydrogen-bond donors (Lipinski definition) is 4. The van der Waals surface area contributed by atoms with E-state index in [0.29, 0.717) is 36.0 Å². The van der Waals surface area contributed by atoms with Crippen LogP contribution in [0.2, 0.25) is 15.1 Å². The number of carbonyl (C=O) groups excluding carboxylic acids is 2. The van der Waals surface area contributed by atoms with E-state index in [4.69, 9.17) is 39.5 Å². The molecule has 6 rings (SSSR count). The van der Waals surface area contributed by atoms with Crippen LogP contribution in [0.4, 0.5) is 4.79 Å². The number of halogens is 3. The molecule has 0 aromatic heterocycles. The molecule has 2 heterocycles. The van der Waals surface area contributed by atoms with Gasteiger partial charge in [-0.05, 0) is 87.9 Å². The molecule has 52 heavy (non-hydrogen) atoms. The minimum atomic E-state index is -3.84. The van der Waals surface area contributed by atoms with Crippen molar-refractivity contribution < 1.29 is 22.7 Å². The number of piperidine rings is 1. The third kappa shape index (κ3) is 7.37. The van der Waals surface area contributed by atoms with Crippen molar-refractivity contribution in [3.63, 3.8) is 0 Å². The van der Waals surface area contributed by atoms with Crippen molar-refractivity contribution in [3.8, 4) is 5.75 Å². The second-order valence-electron chi connectivity index (χ2n) is 14.4. The van der Waals surface area contributed by atoms with Crippen LogP contribution >= 0.6 is 34.8 Å². The van der Waals surface area contributed by atoms with Crippen molar-refractivity contribution in [3.05, 3.63) is 92.4 Å². The quantitative estimate of drug-likeness (QED) is 0.187. The second-order valence-corrected chi connectivity index (χ2v) is 17.7. The van der Waals surface area contributed by atoms with Gasteiger partial charge < -0.3 is 20.3 Å². The van der Waals surface area contributed by atoms with Crippen LogP contribution in [0.5, 0.6) is 5.75 Å². The zero-order chi connectivity index (χ0) is 37.5. The average Bonchev–Trinajstić information content (AvgIpc) is 3.69. The van der Waals surface area contributed by atoms with Gasteiger partial charge in [0.15, 0.2) is 15.5 Å². The van der Waals surface area contributed by atoms with Crippen LogP contribution in [0.1, 0.15) is 76.0 Å². The van der Waals surface area contributed by atoms with E-state index >= 15 is 4.79 Å². The maximum atomic E-state index is 15.5. The maximum absolute atomic E-state index is 15.5. The van der Waals surface area contributed by atoms with Crippen LogP contribution in [-0.2, 0) is 31.4 Å². The fourth-order valence-electron chi connectivity index (χ4n) is 8.01. The first kappa shape index (κ1) is 38.7. The van der Waals surface area contributed by atoms with Crippen molar-refractivity contribution in [1.29, 1.82) is 0 Å². The molecule has 280 valence electrons. The number of nitrogens with one attached hydrogen (secondary N) is 4. The molecule has 0 bridgehead atoms. The molecule has 4 N–H and O–H groups in total. The molecule has 1 aliphatic carbocycles. The van der Waals surface area contributed by atoms with Crippen LogP contribution in [-0.4, -0.2) is 63.3 Å². The maximum Gasteiger partial charge on any atom is 0.315 e. The number of ether oxygens (including phenoxy) is 1. The van der Waals surface area contributed by atoms with Gasteiger partial charge >= 0.3 is 6.03 Å². The summed E-state index contributed by atoms with van der Waals surface area (Å²) in [5.74, 6) is -0.0749. The van der Waals surface area contributed by atoms with Gasteiger partial charge in [-0.2, -0.15) is 0 Å². The summed E-state index contributed by atoms with van der Waals surface area (Å²) in [5.41, 5.74) is -1.86. The summed E-state index contributed by atoms with van der Waals surface area (Å²) in [6.07, 6.45) is 6.37. The summed E-state index contributed by atoms with van der Waals surface area (Å²) in [6, 6.07) is 17.6. The van der Waals surface area contributed by atoms with Crippen LogP contribution < -0.4 is 26.0 Å². The smallest absolute Gasteiger partial charge is 0.315 e. The summed E-state index contributed by atoms with van der Waals surface area (Å²) < 4.78 is 32.4. The van der Waals surface area contributed by atoms with Gasteiger partial charge in [-0.3, -0.25) is 15.4 Å². The highest BCUT2D eigenvalue weighted by molar-refractivity contribution is 7.90. The fraction of sp³-hybridized carbons (Fsp3) is 0.474. The molecule has 14 heteroatoms. The van der Waals surface area contributed by atoms with Crippen molar-refractivity contribution >= 4 is 56.6 Å². The van der Waals surface area contributed by atoms with E-state index in [2.05, 4.69) is 21.3 Å². The zero-order valence-corrected chi connectivity index (χ0v) is 32.9. The van der Waals surface area contributed by atoms with Crippen LogP contribution in [0.25, 0.3) is 0 Å². The summed E-state index contributed by atoms with van der Waals surface area (Å²) in [6.45, 7) is 6.74. The highest BCUT2D eigenvalue weighted by Gasteiger charge is 2.65. The third-order valence-electron chi connectivity index (χ3n) is 11.0. The molecular weight excluding hydrogens is 745 g/mol. The van der Waals surface area contributed by atoms with Gasteiger partial charge in [0.25, 0.3) is 5.91 Å². The van der Waals surface area contributed by atoms with E-state index in [-0.39, 0.29) is 51.9 Å². The molecule has 2 aliphatic heterocycles. The first-order chi connectivity index (χ1) is 24.6. The molecule has 0 radical (unpaired) electrons. The largest absolute Gasteiger partial charge is 0.493 e. The SMILES string of the molecule is CCOc1cc(Cl)c(S(C)(=O)=O)cc1C1(C(=O)N2CCC(NC(=O)NC3CCCC3)CC2)N[C@@](C)(c2ccc(Cl)cc2)[C@@](C)(c2ccc(Cl)cc2)N1. The topological polar surface area (TPSA) is 129 Å². The minimum Gasteiger partial charge on any atom is -0.493 e. The van der Waals surface area contributed by atoms with Gasteiger partial charge in [0.05, 0.1) is 27.6 Å². The lowest BCUT2D eigenvalue weighted by Gasteiger charge is -2.41. The Balaban J connectivity index is 1.46. The Bertz CT molecular complexity index is 1860. The van der Waals surface area contributed by atoms with E-state index < -0.39 is 26.6 Å². The first-order valence-corrected chi connectivity index (χ1v) is 20.8. The summed E-state index contributed by atoms with van der Waals surface area (Å²) in [5, 5.41) is 14.8. The lowest BCUT2D eigenvalue weighted by Crippen LogP contribution is -2.62. The van der Waals surface area contributed by atoms with E-state index in [1.807, 2.05) is 45.0 Å². The molecule has 3 fully saturated rings. The first-order valence-electron chi connectivity index (χ1n) is 17.7. The van der Waals surface area contributed by atoms with Crippen molar-refractivity contribution in [1.82, 2.24) is 26.2 Å². The molecule has 10 nitrogen and oxygen atoms in total. The van der Waals surface area contributed by atoms with Gasteiger partial charge in [0.1, 0.15) is 5.75 Å². The van der Waals surface area contributed by atoms with E-state index in [1.54, 1.807) is 29.2 Å². The Morgan fingerprint density at radius 1 is 0.827 bits per heavy atom. The lowest BCUT2D eigenvalue weighted by atomic mass is 9.72. The van der Waals surface area contributed by atoms with E-state index in [9.17, 15) is 13.2 Å². The number of amides is 3. The molecule has 1 saturated carbocycles. The van der Waals surface area contributed by atoms with Crippen molar-refractivity contribution in [2.45, 2.75) is 93.0 Å². The number of benzene rings is 3. The summed E-state index contributed by atoms with van der Waals surface area (Å²) >= 11 is 19.3. The van der Waals surface area contributed by atoms with Crippen molar-refractivity contribution in [2.24, 2.45) is 0 Å². The Kier molecular flexibility index (Phi) is 11.1. The molecule has 3 atom stereocenters. The molecular formula is C38H46Cl3N5O5S. The predicted octanol–water partition coefficient (Wildman–Crippen LogP) is 6.86. The van der Waals surface area contributed by atoms with E-state index in [0.717, 1.165) is 43.1 Å². The normalized spacial score (nSPS) is 25.6. The molecule has 3 aromatic carbocycles. The Hall–Kier alpha value is -3.06. The van der Waals surface area contributed by atoms with Crippen molar-refractivity contribution in [2.75, 3.05) is 26.0 Å². The number of sulfone groups is 1. The molecule has 3 aliphatic rings. The molecule has 3 aromatic rings. The van der Waals surface area contributed by atoms with Gasteiger partial charge in [-0.1, -0.05) is 71.9 Å². The number of likely N-dealkylation sites (tertiary alicyclic amines) is 1. The number of carbonyl (C=O) groups is 2. The number of nitrogens with zero attached hydrogens (tertiary/aromatic N) is 1. The van der Waals surface area contributed by atoms with Gasteiger partial charge in [0, 0.05) is 53.1 Å². The Morgan fingerprint density at radius 2 is 1.31 bits per heavy atom. The standard InChI is InChI=1S/C38H46Cl3N5O5S/c1-5-51-32-23-31(41)33(52(4,49)50)22-30(32)38(34(47)46-20-18-29(19-21-46)43-35(48)42-28-8-6-7-9-28)44-36(2,24-10-14-26(39)15-11-24)37(3,45-38)25-12-16-27(40)17-13-25/h10-17,22-23,28-29,44-45H,5-9,18-21H2,1-4H3,(H2,42,43,48)/t36-,37+,38?.